The van der Waals surface area contributed by atoms with Crippen molar-refractivity contribution in [2.45, 2.75) is 32.4 Å². The third-order valence-electron chi connectivity index (χ3n) is 4.69. The largest absolute Gasteiger partial charge is 0.477 e. The van der Waals surface area contributed by atoms with Gasteiger partial charge in [-0.15, -0.1) is 0 Å². The van der Waals surface area contributed by atoms with Crippen molar-refractivity contribution in [3.8, 4) is 11.3 Å². The summed E-state index contributed by atoms with van der Waals surface area (Å²) in [6.45, 7) is 2.90. The summed E-state index contributed by atoms with van der Waals surface area (Å²) in [6, 6.07) is 9.38. The molecule has 1 aliphatic rings. The quantitative estimate of drug-likeness (QED) is 0.873. The number of anilines is 1. The highest BCUT2D eigenvalue weighted by atomic mass is 16.5. The Morgan fingerprint density at radius 1 is 1.36 bits per heavy atom. The summed E-state index contributed by atoms with van der Waals surface area (Å²) < 4.78 is 5.50. The topological polar surface area (TPSA) is 82.6 Å². The zero-order chi connectivity index (χ0) is 18.0. The molecule has 0 unspecified atom stereocenters. The van der Waals surface area contributed by atoms with Gasteiger partial charge < -0.3 is 19.7 Å². The highest BCUT2D eigenvalue weighted by Crippen LogP contribution is 2.29. The Kier molecular flexibility index (Phi) is 4.90. The van der Waals surface area contributed by atoms with Gasteiger partial charge >= 0.3 is 5.97 Å². The number of carboxylic acids is 1. The van der Waals surface area contributed by atoms with E-state index in [9.17, 15) is 9.59 Å². The van der Waals surface area contributed by atoms with Crippen molar-refractivity contribution >= 4 is 11.7 Å². The number of hydrogen-bond acceptors (Lipinski definition) is 4. The summed E-state index contributed by atoms with van der Waals surface area (Å²) in [5.74, 6) is -1.21. The lowest BCUT2D eigenvalue weighted by Gasteiger charge is -2.25. The number of aryl methyl sites for hydroxylation is 1. The molecule has 1 atom stereocenters. The van der Waals surface area contributed by atoms with E-state index in [1.165, 1.54) is 6.07 Å². The lowest BCUT2D eigenvalue weighted by molar-refractivity contribution is 0.0695. The molecule has 6 heteroatoms. The molecule has 1 aromatic carbocycles. The molecule has 2 heterocycles. The third-order valence-corrected chi connectivity index (χ3v) is 4.69. The molecule has 0 bridgehead atoms. The molecule has 2 aromatic rings. The van der Waals surface area contributed by atoms with E-state index in [1.807, 2.05) is 31.2 Å². The summed E-state index contributed by atoms with van der Waals surface area (Å²) in [5, 5.41) is 9.12. The van der Waals surface area contributed by atoms with Gasteiger partial charge in [0.05, 0.1) is 5.69 Å². The van der Waals surface area contributed by atoms with Crippen LogP contribution in [-0.2, 0) is 11.2 Å². The number of H-pyrrole nitrogens is 1. The van der Waals surface area contributed by atoms with Crippen LogP contribution < -0.4 is 10.5 Å². The van der Waals surface area contributed by atoms with Crippen LogP contribution in [0.1, 0.15) is 35.7 Å². The van der Waals surface area contributed by atoms with Gasteiger partial charge in [0.25, 0.3) is 5.56 Å². The number of aromatic amines is 1. The first-order chi connectivity index (χ1) is 12.0. The van der Waals surface area contributed by atoms with E-state index in [-0.39, 0.29) is 11.8 Å². The van der Waals surface area contributed by atoms with Crippen LogP contribution >= 0.6 is 0 Å². The number of nitrogens with one attached hydrogen (secondary N) is 1. The zero-order valence-corrected chi connectivity index (χ0v) is 14.4. The van der Waals surface area contributed by atoms with Crippen molar-refractivity contribution in [1.29, 1.82) is 0 Å². The Labute approximate surface area is 146 Å². The molecule has 2 N–H and O–H groups in total. The van der Waals surface area contributed by atoms with E-state index in [0.29, 0.717) is 12.1 Å². The van der Waals surface area contributed by atoms with Crippen LogP contribution in [0.3, 0.4) is 0 Å². The number of hydrogen-bond donors (Lipinski definition) is 2. The zero-order valence-electron chi connectivity index (χ0n) is 14.4. The molecule has 1 fully saturated rings. The van der Waals surface area contributed by atoms with Gasteiger partial charge in [0.1, 0.15) is 11.8 Å². The minimum Gasteiger partial charge on any atom is -0.477 e. The maximum absolute atomic E-state index is 12.0. The van der Waals surface area contributed by atoms with E-state index in [0.717, 1.165) is 36.2 Å². The number of pyridine rings is 1. The molecule has 0 spiro atoms. The molecule has 1 aromatic heterocycles. The minimum absolute atomic E-state index is 0.103. The van der Waals surface area contributed by atoms with Crippen LogP contribution in [0, 0.1) is 0 Å². The average Bonchev–Trinajstić information content (AvgIpc) is 3.10. The number of benzene rings is 1. The van der Waals surface area contributed by atoms with Gasteiger partial charge in [-0.3, -0.25) is 4.79 Å². The Morgan fingerprint density at radius 3 is 2.68 bits per heavy atom. The maximum Gasteiger partial charge on any atom is 0.341 e. The Bertz CT molecular complexity index is 826. The number of carbonyl (C=O) groups is 1. The monoisotopic (exact) mass is 342 g/mol. The first-order valence-corrected chi connectivity index (χ1v) is 8.44. The van der Waals surface area contributed by atoms with Crippen LogP contribution in [-0.4, -0.2) is 35.9 Å². The van der Waals surface area contributed by atoms with Crippen molar-refractivity contribution in [2.24, 2.45) is 0 Å². The molecule has 0 amide bonds. The van der Waals surface area contributed by atoms with Gasteiger partial charge in [-0.2, -0.15) is 0 Å². The number of aromatic nitrogens is 1. The number of ether oxygens (including phenoxy) is 1. The summed E-state index contributed by atoms with van der Waals surface area (Å²) in [4.78, 5) is 28.1. The second kappa shape index (κ2) is 7.11. The third kappa shape index (κ3) is 3.30. The molecular formula is C19H22N2O4. The molecule has 0 radical (unpaired) electrons. The van der Waals surface area contributed by atoms with Gasteiger partial charge in [-0.25, -0.2) is 4.79 Å². The molecule has 6 nitrogen and oxygen atoms in total. The number of carboxylic acid groups (broad SMARTS) is 1. The lowest BCUT2D eigenvalue weighted by Crippen LogP contribution is -2.30. The predicted octanol–water partition coefficient (Wildman–Crippen LogP) is 2.88. The number of methoxy groups -OCH3 is 1. The molecule has 1 saturated heterocycles. The molecule has 25 heavy (non-hydrogen) atoms. The van der Waals surface area contributed by atoms with Crippen LogP contribution in [0.4, 0.5) is 5.69 Å². The number of rotatable bonds is 5. The van der Waals surface area contributed by atoms with Crippen molar-refractivity contribution in [2.75, 3.05) is 18.6 Å². The summed E-state index contributed by atoms with van der Waals surface area (Å²) in [7, 11) is 1.72. The highest BCUT2D eigenvalue weighted by molar-refractivity contribution is 5.88. The van der Waals surface area contributed by atoms with Gasteiger partial charge in [0.15, 0.2) is 0 Å². The Morgan fingerprint density at radius 2 is 2.08 bits per heavy atom. The fourth-order valence-corrected chi connectivity index (χ4v) is 3.36. The summed E-state index contributed by atoms with van der Waals surface area (Å²) in [6.07, 6.45) is 2.85. The van der Waals surface area contributed by atoms with Crippen LogP contribution in [0.15, 0.2) is 35.1 Å². The normalized spacial score (nSPS) is 17.0. The Balaban J connectivity index is 1.96. The second-order valence-corrected chi connectivity index (χ2v) is 6.14. The van der Waals surface area contributed by atoms with Crippen LogP contribution in [0.5, 0.6) is 0 Å². The summed E-state index contributed by atoms with van der Waals surface area (Å²) >= 11 is 0. The molecule has 1 aliphatic heterocycles. The fraction of sp³-hybridized carbons (Fsp3) is 0.368. The van der Waals surface area contributed by atoms with Crippen molar-refractivity contribution in [1.82, 2.24) is 4.98 Å². The van der Waals surface area contributed by atoms with Crippen molar-refractivity contribution in [3.05, 3.63) is 51.8 Å². The predicted molar refractivity (Wildman–Crippen MR) is 96.2 cm³/mol. The van der Waals surface area contributed by atoms with Crippen molar-refractivity contribution < 1.29 is 14.6 Å². The second-order valence-electron chi connectivity index (χ2n) is 6.14. The van der Waals surface area contributed by atoms with Gasteiger partial charge in [-0.05, 0) is 48.6 Å². The lowest BCUT2D eigenvalue weighted by atomic mass is 10.0. The maximum atomic E-state index is 12.0. The van der Waals surface area contributed by atoms with Gasteiger partial charge in [0, 0.05) is 19.3 Å². The number of aromatic carboxylic acids is 1. The van der Waals surface area contributed by atoms with E-state index in [2.05, 4.69) is 9.88 Å². The first-order valence-electron chi connectivity index (χ1n) is 8.44. The van der Waals surface area contributed by atoms with Gasteiger partial charge in [-0.1, -0.05) is 19.1 Å². The van der Waals surface area contributed by atoms with Crippen LogP contribution in [0.2, 0.25) is 0 Å². The standard InChI is InChI=1S/C19H22N2O4/c1-3-12-11-15(19(23)24)18(22)20-17(12)13-6-8-14(9-7-13)21-10-4-5-16(21)25-2/h6-9,11,16H,3-5,10H2,1-2H3,(H,20,22)(H,23,24)/t16-/m1/s1. The first kappa shape index (κ1) is 17.2. The van der Waals surface area contributed by atoms with E-state index < -0.39 is 11.5 Å². The molecular weight excluding hydrogens is 320 g/mol. The molecule has 132 valence electrons. The average molecular weight is 342 g/mol. The number of nitrogens with zero attached hydrogens (tertiary/aromatic N) is 1. The molecule has 3 rings (SSSR count). The van der Waals surface area contributed by atoms with Crippen LogP contribution in [0.25, 0.3) is 11.3 Å². The summed E-state index contributed by atoms with van der Waals surface area (Å²) in [5.41, 5.74) is 2.62. The van der Waals surface area contributed by atoms with E-state index in [4.69, 9.17) is 9.84 Å². The fourth-order valence-electron chi connectivity index (χ4n) is 3.36. The minimum atomic E-state index is -1.21. The SMILES string of the molecule is CCc1cc(C(=O)O)c(=O)[nH]c1-c1ccc(N2CCC[C@H]2OC)cc1. The van der Waals surface area contributed by atoms with Gasteiger partial charge in [0.2, 0.25) is 0 Å². The Hall–Kier alpha value is -2.60. The molecule has 0 aliphatic carbocycles. The molecule has 0 saturated carbocycles. The highest BCUT2D eigenvalue weighted by Gasteiger charge is 2.24. The van der Waals surface area contributed by atoms with E-state index >= 15 is 0 Å². The van der Waals surface area contributed by atoms with Crippen molar-refractivity contribution in [3.63, 3.8) is 0 Å². The van der Waals surface area contributed by atoms with E-state index in [1.54, 1.807) is 7.11 Å². The smallest absolute Gasteiger partial charge is 0.341 e.